The average Bonchev–Trinajstić information content (AvgIpc) is 3.01. The van der Waals surface area contributed by atoms with Gasteiger partial charge in [0.25, 0.3) is 11.8 Å². The highest BCUT2D eigenvalue weighted by Gasteiger charge is 2.12. The van der Waals surface area contributed by atoms with Crippen LogP contribution in [0.4, 0.5) is 0 Å². The molecule has 134 valence electrons. The van der Waals surface area contributed by atoms with Crippen LogP contribution in [0.2, 0.25) is 0 Å². The predicted octanol–water partition coefficient (Wildman–Crippen LogP) is 2.10. The molecule has 0 atom stereocenters. The molecule has 0 radical (unpaired) electrons. The van der Waals surface area contributed by atoms with Gasteiger partial charge in [-0.3, -0.25) is 9.59 Å². The molecule has 3 aromatic rings. The Morgan fingerprint density at radius 2 is 1.65 bits per heavy atom. The molecule has 3 rings (SSSR count). The summed E-state index contributed by atoms with van der Waals surface area (Å²) in [5.74, 6) is 0.248. The molecule has 0 bridgehead atoms. The molecule has 0 aliphatic carbocycles. The van der Waals surface area contributed by atoms with Gasteiger partial charge in [0.05, 0.1) is 0 Å². The number of fused-ring (bicyclic) bond motifs is 1. The van der Waals surface area contributed by atoms with Gasteiger partial charge in [0, 0.05) is 31.0 Å². The first-order chi connectivity index (χ1) is 12.6. The van der Waals surface area contributed by atoms with Gasteiger partial charge >= 0.3 is 0 Å². The summed E-state index contributed by atoms with van der Waals surface area (Å²) in [4.78, 5) is 24.1. The lowest BCUT2D eigenvalue weighted by atomic mass is 10.2. The van der Waals surface area contributed by atoms with Gasteiger partial charge in [-0.15, -0.1) is 0 Å². The minimum absolute atomic E-state index is 0.0544. The van der Waals surface area contributed by atoms with E-state index in [1.54, 1.807) is 12.1 Å². The summed E-state index contributed by atoms with van der Waals surface area (Å²) in [5.41, 5.74) is 1.59. The maximum Gasteiger partial charge on any atom is 0.267 e. The van der Waals surface area contributed by atoms with E-state index < -0.39 is 0 Å². The molecule has 0 saturated carbocycles. The third kappa shape index (κ3) is 4.22. The van der Waals surface area contributed by atoms with Gasteiger partial charge in [0.1, 0.15) is 11.4 Å². The molecule has 2 N–H and O–H groups in total. The van der Waals surface area contributed by atoms with Crippen molar-refractivity contribution in [2.24, 2.45) is 7.05 Å². The lowest BCUT2D eigenvalue weighted by molar-refractivity contribution is -0.123. The predicted molar refractivity (Wildman–Crippen MR) is 100 cm³/mol. The Labute approximate surface area is 151 Å². The fourth-order valence-electron chi connectivity index (χ4n) is 2.69. The first-order valence-corrected chi connectivity index (χ1v) is 8.42. The average molecular weight is 351 g/mol. The number of amides is 2. The lowest BCUT2D eigenvalue weighted by Gasteiger charge is -2.09. The van der Waals surface area contributed by atoms with Crippen molar-refractivity contribution in [1.29, 1.82) is 0 Å². The standard InChI is InChI=1S/C20H21N3O3/c1-23-17-10-6-5-7-15(17)13-18(23)20(25)22-12-11-21-19(24)14-26-16-8-3-2-4-9-16/h2-10,13H,11-12,14H2,1H3,(H,21,24)(H,22,25). The van der Waals surface area contributed by atoms with Gasteiger partial charge < -0.3 is 19.9 Å². The molecule has 1 aromatic heterocycles. The third-order valence-corrected chi connectivity index (χ3v) is 4.03. The number of hydrogen-bond acceptors (Lipinski definition) is 3. The van der Waals surface area contributed by atoms with Crippen LogP contribution in [-0.4, -0.2) is 36.1 Å². The van der Waals surface area contributed by atoms with Crippen molar-refractivity contribution in [3.63, 3.8) is 0 Å². The first-order valence-electron chi connectivity index (χ1n) is 8.42. The molecule has 6 heteroatoms. The summed E-state index contributed by atoms with van der Waals surface area (Å²) < 4.78 is 7.22. The van der Waals surface area contributed by atoms with E-state index in [0.717, 1.165) is 10.9 Å². The van der Waals surface area contributed by atoms with Gasteiger partial charge in [-0.05, 0) is 24.3 Å². The number of aromatic nitrogens is 1. The van der Waals surface area contributed by atoms with E-state index in [4.69, 9.17) is 4.74 Å². The molecule has 0 aliphatic rings. The Hall–Kier alpha value is -3.28. The molecular formula is C20H21N3O3. The fraction of sp³-hybridized carbons (Fsp3) is 0.200. The van der Waals surface area contributed by atoms with Crippen LogP contribution in [0.3, 0.4) is 0 Å². The van der Waals surface area contributed by atoms with E-state index in [1.165, 1.54) is 0 Å². The van der Waals surface area contributed by atoms with E-state index in [1.807, 2.05) is 60.1 Å². The molecule has 2 aromatic carbocycles. The highest BCUT2D eigenvalue weighted by Crippen LogP contribution is 2.17. The van der Waals surface area contributed by atoms with Crippen LogP contribution in [0, 0.1) is 0 Å². The number of rotatable bonds is 7. The summed E-state index contributed by atoms with van der Waals surface area (Å²) in [5, 5.41) is 6.55. The second kappa shape index (κ2) is 8.20. The zero-order valence-electron chi connectivity index (χ0n) is 14.6. The molecule has 0 saturated heterocycles. The normalized spacial score (nSPS) is 10.5. The number of nitrogens with zero attached hydrogens (tertiary/aromatic N) is 1. The van der Waals surface area contributed by atoms with E-state index in [9.17, 15) is 9.59 Å². The van der Waals surface area contributed by atoms with Crippen molar-refractivity contribution in [2.45, 2.75) is 0 Å². The van der Waals surface area contributed by atoms with Crippen LogP contribution < -0.4 is 15.4 Å². The summed E-state index contributed by atoms with van der Waals surface area (Å²) in [7, 11) is 1.86. The highest BCUT2D eigenvalue weighted by atomic mass is 16.5. The molecule has 1 heterocycles. The Balaban J connectivity index is 1.42. The minimum atomic E-state index is -0.229. The van der Waals surface area contributed by atoms with E-state index in [0.29, 0.717) is 24.5 Å². The summed E-state index contributed by atoms with van der Waals surface area (Å²) in [6.45, 7) is 0.630. The Kier molecular flexibility index (Phi) is 5.53. The van der Waals surface area contributed by atoms with E-state index in [-0.39, 0.29) is 18.4 Å². The minimum Gasteiger partial charge on any atom is -0.484 e. The molecule has 2 amide bonds. The van der Waals surface area contributed by atoms with Crippen molar-refractivity contribution in [3.05, 3.63) is 66.4 Å². The van der Waals surface area contributed by atoms with Crippen LogP contribution in [-0.2, 0) is 11.8 Å². The highest BCUT2D eigenvalue weighted by molar-refractivity contribution is 5.98. The largest absolute Gasteiger partial charge is 0.484 e. The fourth-order valence-corrected chi connectivity index (χ4v) is 2.69. The van der Waals surface area contributed by atoms with Crippen LogP contribution in [0.1, 0.15) is 10.5 Å². The number of ether oxygens (including phenoxy) is 1. The van der Waals surface area contributed by atoms with Crippen LogP contribution in [0.15, 0.2) is 60.7 Å². The summed E-state index contributed by atoms with van der Waals surface area (Å²) in [6, 6.07) is 18.8. The maximum atomic E-state index is 12.3. The summed E-state index contributed by atoms with van der Waals surface area (Å²) in [6.07, 6.45) is 0. The lowest BCUT2D eigenvalue weighted by Crippen LogP contribution is -2.37. The topological polar surface area (TPSA) is 72.4 Å². The smallest absolute Gasteiger partial charge is 0.267 e. The van der Waals surface area contributed by atoms with Crippen LogP contribution in [0.25, 0.3) is 10.9 Å². The zero-order valence-corrected chi connectivity index (χ0v) is 14.6. The van der Waals surface area contributed by atoms with Gasteiger partial charge in [-0.25, -0.2) is 0 Å². The Morgan fingerprint density at radius 1 is 0.962 bits per heavy atom. The SMILES string of the molecule is Cn1c(C(=O)NCCNC(=O)COc2ccccc2)cc2ccccc21. The number of carbonyl (C=O) groups is 2. The zero-order chi connectivity index (χ0) is 18.4. The van der Waals surface area contributed by atoms with Crippen molar-refractivity contribution in [2.75, 3.05) is 19.7 Å². The van der Waals surface area contributed by atoms with E-state index >= 15 is 0 Å². The van der Waals surface area contributed by atoms with Gasteiger partial charge in [0.15, 0.2) is 6.61 Å². The number of aryl methyl sites for hydroxylation is 1. The van der Waals surface area contributed by atoms with Gasteiger partial charge in [-0.2, -0.15) is 0 Å². The van der Waals surface area contributed by atoms with Crippen LogP contribution >= 0.6 is 0 Å². The number of hydrogen-bond donors (Lipinski definition) is 2. The van der Waals surface area contributed by atoms with Gasteiger partial charge in [-0.1, -0.05) is 36.4 Å². The number of carbonyl (C=O) groups excluding carboxylic acids is 2. The molecule has 0 spiro atoms. The Morgan fingerprint density at radius 3 is 2.42 bits per heavy atom. The molecular weight excluding hydrogens is 330 g/mol. The quantitative estimate of drug-likeness (QED) is 0.641. The molecule has 0 aliphatic heterocycles. The first kappa shape index (κ1) is 17.5. The van der Waals surface area contributed by atoms with Crippen molar-refractivity contribution >= 4 is 22.7 Å². The molecule has 26 heavy (non-hydrogen) atoms. The van der Waals surface area contributed by atoms with Crippen molar-refractivity contribution < 1.29 is 14.3 Å². The second-order valence-electron chi connectivity index (χ2n) is 5.85. The third-order valence-electron chi connectivity index (χ3n) is 4.03. The number of nitrogens with one attached hydrogen (secondary N) is 2. The van der Waals surface area contributed by atoms with Crippen molar-refractivity contribution in [3.8, 4) is 5.75 Å². The molecule has 0 unspecified atom stereocenters. The van der Waals surface area contributed by atoms with Crippen LogP contribution in [0.5, 0.6) is 5.75 Å². The maximum absolute atomic E-state index is 12.3. The number of benzene rings is 2. The van der Waals surface area contributed by atoms with Crippen molar-refractivity contribution in [1.82, 2.24) is 15.2 Å². The monoisotopic (exact) mass is 351 g/mol. The van der Waals surface area contributed by atoms with E-state index in [2.05, 4.69) is 10.6 Å². The van der Waals surface area contributed by atoms with Gasteiger partial charge in [0.2, 0.25) is 0 Å². The second-order valence-corrected chi connectivity index (χ2v) is 5.85. The molecule has 6 nitrogen and oxygen atoms in total. The number of para-hydroxylation sites is 2. The molecule has 0 fully saturated rings. The summed E-state index contributed by atoms with van der Waals surface area (Å²) >= 11 is 0. The Bertz CT molecular complexity index is 903.